The van der Waals surface area contributed by atoms with E-state index in [2.05, 4.69) is 9.47 Å². The quantitative estimate of drug-likeness (QED) is 0.181. The van der Waals surface area contributed by atoms with Crippen molar-refractivity contribution in [2.24, 2.45) is 11.5 Å². The number of carbonyl (C=O) groups excluding carboxylic acids is 4. The molecule has 0 heterocycles. The molecule has 0 aromatic heterocycles. The van der Waals surface area contributed by atoms with E-state index >= 15 is 0 Å². The smallest absolute Gasteiger partial charge is 0.335 e. The normalized spacial score (nSPS) is 14.6. The molecule has 0 aromatic rings. The predicted octanol–water partition coefficient (Wildman–Crippen LogP) is -1.07. The molecule has 0 amide bonds. The summed E-state index contributed by atoms with van der Waals surface area (Å²) in [6, 6.07) is -2.31. The molecule has 0 bridgehead atoms. The van der Waals surface area contributed by atoms with Crippen LogP contribution >= 0.6 is 23.5 Å². The van der Waals surface area contributed by atoms with Crippen molar-refractivity contribution in [3.05, 3.63) is 0 Å². The van der Waals surface area contributed by atoms with E-state index in [9.17, 15) is 27.6 Å². The molecule has 0 aliphatic heterocycles. The Kier molecular flexibility index (Phi) is 12.6. The van der Waals surface area contributed by atoms with E-state index in [4.69, 9.17) is 16.0 Å². The maximum Gasteiger partial charge on any atom is 0.335 e. The second kappa shape index (κ2) is 13.1. The van der Waals surface area contributed by atoms with Crippen LogP contribution in [0.1, 0.15) is 19.3 Å². The molecule has 162 valence electrons. The summed E-state index contributed by atoms with van der Waals surface area (Å²) in [5.74, 6) is -4.46. The van der Waals surface area contributed by atoms with Crippen LogP contribution in [-0.4, -0.2) is 78.2 Å². The number of rotatable bonds is 12. The zero-order chi connectivity index (χ0) is 21.9. The third kappa shape index (κ3) is 10.4. The zero-order valence-electron chi connectivity index (χ0n) is 15.4. The number of nitrogens with two attached hydrogens (primary N) is 2. The van der Waals surface area contributed by atoms with Crippen LogP contribution in [0.2, 0.25) is 0 Å². The highest BCUT2D eigenvalue weighted by atomic mass is 32.2. The van der Waals surface area contributed by atoms with Gasteiger partial charge in [0.05, 0.1) is 6.42 Å². The van der Waals surface area contributed by atoms with Gasteiger partial charge in [-0.2, -0.15) is 31.9 Å². The largest absolute Gasteiger partial charge is 0.392 e. The van der Waals surface area contributed by atoms with Crippen molar-refractivity contribution in [1.29, 1.82) is 0 Å². The molecule has 0 saturated heterocycles. The average Bonchev–Trinajstić information content (AvgIpc) is 2.60. The zero-order valence-corrected chi connectivity index (χ0v) is 17.8. The first-order valence-corrected chi connectivity index (χ1v) is 12.2. The van der Waals surface area contributed by atoms with Crippen LogP contribution in [-0.2, 0) is 38.8 Å². The monoisotopic (exact) mass is 460 g/mol. The number of carbonyl (C=O) groups is 4. The lowest BCUT2D eigenvalue weighted by Gasteiger charge is -2.14. The predicted molar refractivity (Wildman–Crippen MR) is 104 cm³/mol. The van der Waals surface area contributed by atoms with Crippen molar-refractivity contribution in [1.82, 2.24) is 0 Å². The molecule has 0 rings (SSSR count). The van der Waals surface area contributed by atoms with Crippen molar-refractivity contribution in [2.45, 2.75) is 36.6 Å². The molecule has 11 nitrogen and oxygen atoms in total. The SMILES string of the molecule is CSCC[C@H](N)C(=O)OC(=O)CC(C(=O)OC(=O)[C@@H](N)CCSC)S(=O)(=O)O. The highest BCUT2D eigenvalue weighted by Crippen LogP contribution is 2.11. The fraction of sp³-hybridized carbons (Fsp3) is 0.714. The Hall–Kier alpha value is -1.19. The van der Waals surface area contributed by atoms with E-state index in [1.165, 1.54) is 23.5 Å². The summed E-state index contributed by atoms with van der Waals surface area (Å²) >= 11 is 2.79. The lowest BCUT2D eigenvalue weighted by Crippen LogP contribution is -2.41. The van der Waals surface area contributed by atoms with Crippen LogP contribution in [0.4, 0.5) is 0 Å². The van der Waals surface area contributed by atoms with Crippen LogP contribution in [0, 0.1) is 0 Å². The highest BCUT2D eigenvalue weighted by Gasteiger charge is 2.38. The molecule has 0 aliphatic rings. The van der Waals surface area contributed by atoms with Gasteiger partial charge in [0.15, 0.2) is 5.25 Å². The van der Waals surface area contributed by atoms with Crippen molar-refractivity contribution < 1.29 is 41.6 Å². The molecule has 1 unspecified atom stereocenters. The Bertz CT molecular complexity index is 669. The fourth-order valence-corrected chi connectivity index (χ4v) is 3.27. The third-order valence-corrected chi connectivity index (χ3v) is 5.63. The summed E-state index contributed by atoms with van der Waals surface area (Å²) in [5.41, 5.74) is 11.0. The van der Waals surface area contributed by atoms with Crippen LogP contribution < -0.4 is 11.5 Å². The average molecular weight is 461 g/mol. The van der Waals surface area contributed by atoms with E-state index in [0.29, 0.717) is 11.5 Å². The summed E-state index contributed by atoms with van der Waals surface area (Å²) in [6.45, 7) is 0. The van der Waals surface area contributed by atoms with E-state index in [1.54, 1.807) is 12.5 Å². The number of thioether (sulfide) groups is 2. The lowest BCUT2D eigenvalue weighted by molar-refractivity contribution is -0.165. The topological polar surface area (TPSA) is 193 Å². The second-order valence-electron chi connectivity index (χ2n) is 5.52. The van der Waals surface area contributed by atoms with Gasteiger partial charge in [-0.25, -0.2) is 9.59 Å². The van der Waals surface area contributed by atoms with Gasteiger partial charge in [-0.3, -0.25) is 14.1 Å². The molecule has 0 aromatic carbocycles. The molecule has 5 N–H and O–H groups in total. The second-order valence-corrected chi connectivity index (χ2v) is 9.09. The van der Waals surface area contributed by atoms with Gasteiger partial charge in [0, 0.05) is 0 Å². The molecule has 0 aliphatic carbocycles. The summed E-state index contributed by atoms with van der Waals surface area (Å²) in [4.78, 5) is 47.0. The van der Waals surface area contributed by atoms with Gasteiger partial charge in [-0.15, -0.1) is 0 Å². The molecular weight excluding hydrogens is 436 g/mol. The van der Waals surface area contributed by atoms with Crippen LogP contribution in [0.5, 0.6) is 0 Å². The Labute approximate surface area is 171 Å². The molecule has 0 radical (unpaired) electrons. The summed E-state index contributed by atoms with van der Waals surface area (Å²) in [7, 11) is -5.14. The number of ether oxygens (including phenoxy) is 2. The van der Waals surface area contributed by atoms with E-state index in [1.807, 2.05) is 0 Å². The number of hydrogen-bond donors (Lipinski definition) is 3. The lowest BCUT2D eigenvalue weighted by atomic mass is 10.2. The first-order valence-electron chi connectivity index (χ1n) is 7.89. The van der Waals surface area contributed by atoms with Crippen LogP contribution in [0.3, 0.4) is 0 Å². The van der Waals surface area contributed by atoms with Crippen molar-refractivity contribution >= 4 is 57.5 Å². The van der Waals surface area contributed by atoms with E-state index in [0.717, 1.165) is 0 Å². The van der Waals surface area contributed by atoms with Gasteiger partial charge in [0.25, 0.3) is 10.1 Å². The molecule has 28 heavy (non-hydrogen) atoms. The molecule has 14 heteroatoms. The minimum atomic E-state index is -5.14. The minimum Gasteiger partial charge on any atom is -0.392 e. The van der Waals surface area contributed by atoms with Gasteiger partial charge in [-0.1, -0.05) is 0 Å². The maximum absolute atomic E-state index is 11.9. The number of hydrogen-bond acceptors (Lipinski definition) is 12. The van der Waals surface area contributed by atoms with E-state index in [-0.39, 0.29) is 12.8 Å². The molecule has 3 atom stereocenters. The van der Waals surface area contributed by atoms with Crippen LogP contribution in [0.25, 0.3) is 0 Å². The first kappa shape index (κ1) is 26.8. The van der Waals surface area contributed by atoms with Crippen LogP contribution in [0.15, 0.2) is 0 Å². The third-order valence-electron chi connectivity index (χ3n) is 3.26. The van der Waals surface area contributed by atoms with Gasteiger partial charge >= 0.3 is 23.9 Å². The molecule has 0 saturated carbocycles. The summed E-state index contributed by atoms with van der Waals surface area (Å²) < 4.78 is 40.6. The van der Waals surface area contributed by atoms with E-state index < -0.39 is 57.7 Å². The van der Waals surface area contributed by atoms with Gasteiger partial charge in [0.1, 0.15) is 12.1 Å². The molecule has 0 fully saturated rings. The highest BCUT2D eigenvalue weighted by molar-refractivity contribution is 7.98. The standard InChI is InChI=1S/C14H24N2O9S3/c1-26-5-3-8(15)12(18)24-11(17)7-10(28(21,22)23)14(20)25-13(19)9(16)4-6-27-2/h8-10H,3-7,15-16H2,1-2H3,(H,21,22,23)/t8-,9-,10?/m0/s1. The van der Waals surface area contributed by atoms with Gasteiger partial charge < -0.3 is 20.9 Å². The van der Waals surface area contributed by atoms with Gasteiger partial charge in [-0.05, 0) is 36.9 Å². The summed E-state index contributed by atoms with van der Waals surface area (Å²) in [5, 5.41) is -2.45. The van der Waals surface area contributed by atoms with Crippen molar-refractivity contribution in [3.8, 4) is 0 Å². The minimum absolute atomic E-state index is 0.161. The first-order chi connectivity index (χ1) is 12.9. The molecule has 0 spiro atoms. The Morgan fingerprint density at radius 1 is 0.893 bits per heavy atom. The molecular formula is C14H24N2O9S3. The van der Waals surface area contributed by atoms with Crippen molar-refractivity contribution in [3.63, 3.8) is 0 Å². The maximum atomic E-state index is 11.9. The van der Waals surface area contributed by atoms with Gasteiger partial charge in [0.2, 0.25) is 0 Å². The summed E-state index contributed by atoms with van der Waals surface area (Å²) in [6.07, 6.45) is 2.66. The number of esters is 4. The fourth-order valence-electron chi connectivity index (χ4n) is 1.66. The Morgan fingerprint density at radius 2 is 1.32 bits per heavy atom. The Morgan fingerprint density at radius 3 is 1.71 bits per heavy atom. The Balaban J connectivity index is 4.96. The van der Waals surface area contributed by atoms with Crippen molar-refractivity contribution in [2.75, 3.05) is 24.0 Å².